The number of rotatable bonds is 5. The summed E-state index contributed by atoms with van der Waals surface area (Å²) in [6.07, 6.45) is 0.506. The summed E-state index contributed by atoms with van der Waals surface area (Å²) in [5.41, 5.74) is 0. The van der Waals surface area contributed by atoms with Crippen molar-refractivity contribution in [2.45, 2.75) is 19.3 Å². The van der Waals surface area contributed by atoms with Gasteiger partial charge in [-0.3, -0.25) is 0 Å². The Morgan fingerprint density at radius 2 is 0.958 bits per heavy atom. The summed E-state index contributed by atoms with van der Waals surface area (Å²) in [5.74, 6) is -0.894. The topological polar surface area (TPSA) is 0 Å². The van der Waals surface area contributed by atoms with Gasteiger partial charge in [-0.25, -0.2) is 4.39 Å². The van der Waals surface area contributed by atoms with E-state index in [-0.39, 0.29) is 17.0 Å². The average Bonchev–Trinajstić information content (AvgIpc) is 2.65. The Kier molecular flexibility index (Phi) is 6.71. The summed E-state index contributed by atoms with van der Waals surface area (Å²) < 4.78 is 15.6. The van der Waals surface area contributed by atoms with Crippen LogP contribution in [0.15, 0.2) is 91.0 Å². The molecule has 0 fully saturated rings. The molecule has 0 saturated carbocycles. The smallest absolute Gasteiger partial charge is 0.219 e. The molecule has 24 heavy (non-hydrogen) atoms. The van der Waals surface area contributed by atoms with Gasteiger partial charge in [0, 0.05) is 6.42 Å². The van der Waals surface area contributed by atoms with E-state index in [1.807, 2.05) is 61.5 Å². The van der Waals surface area contributed by atoms with Crippen molar-refractivity contribution in [3.63, 3.8) is 0 Å². The standard InChI is InChI=1S/C21H21FP.BrH/c1-2-21(22)23(18-12-6-3-7-13-18,19-14-8-4-9-15-19)20-16-10-5-11-17-20;/h3-17,21H,2H2,1H3;1H/q+1;/p-1. The van der Waals surface area contributed by atoms with Gasteiger partial charge in [-0.15, -0.1) is 0 Å². The van der Waals surface area contributed by atoms with Crippen LogP contribution in [0.5, 0.6) is 0 Å². The lowest BCUT2D eigenvalue weighted by atomic mass is 10.4. The molecule has 124 valence electrons. The van der Waals surface area contributed by atoms with E-state index in [2.05, 4.69) is 36.4 Å². The Labute approximate surface area is 154 Å². The van der Waals surface area contributed by atoms with Gasteiger partial charge in [0.25, 0.3) is 0 Å². The van der Waals surface area contributed by atoms with E-state index in [4.69, 9.17) is 0 Å². The third-order valence-electron chi connectivity index (χ3n) is 4.25. The lowest BCUT2D eigenvalue weighted by Gasteiger charge is -2.29. The maximum absolute atomic E-state index is 15.6. The van der Waals surface area contributed by atoms with Gasteiger partial charge in [0.2, 0.25) is 5.91 Å². The van der Waals surface area contributed by atoms with Crippen LogP contribution in [0.3, 0.4) is 0 Å². The van der Waals surface area contributed by atoms with Crippen LogP contribution in [0, 0.1) is 0 Å². The number of hydrogen-bond donors (Lipinski definition) is 0. The number of benzene rings is 3. The van der Waals surface area contributed by atoms with Gasteiger partial charge in [-0.1, -0.05) is 61.5 Å². The van der Waals surface area contributed by atoms with Crippen LogP contribution >= 0.6 is 7.26 Å². The molecule has 0 spiro atoms. The lowest BCUT2D eigenvalue weighted by Crippen LogP contribution is -3.00. The van der Waals surface area contributed by atoms with Gasteiger partial charge in [0.1, 0.15) is 23.2 Å². The van der Waals surface area contributed by atoms with Crippen molar-refractivity contribution in [1.29, 1.82) is 0 Å². The molecule has 0 aliphatic carbocycles. The molecule has 0 aliphatic heterocycles. The Balaban J connectivity index is 0.00000208. The van der Waals surface area contributed by atoms with Crippen LogP contribution < -0.4 is 32.9 Å². The van der Waals surface area contributed by atoms with E-state index in [1.54, 1.807) is 0 Å². The van der Waals surface area contributed by atoms with Crippen LogP contribution in [-0.2, 0) is 0 Å². The fourth-order valence-electron chi connectivity index (χ4n) is 3.20. The minimum Gasteiger partial charge on any atom is -1.00 e. The van der Waals surface area contributed by atoms with E-state index in [1.165, 1.54) is 0 Å². The summed E-state index contributed by atoms with van der Waals surface area (Å²) in [6, 6.07) is 30.5. The van der Waals surface area contributed by atoms with Crippen molar-refractivity contribution in [2.24, 2.45) is 0 Å². The fourth-order valence-corrected chi connectivity index (χ4v) is 7.54. The molecule has 3 rings (SSSR count). The van der Waals surface area contributed by atoms with Gasteiger partial charge >= 0.3 is 0 Å². The second kappa shape index (κ2) is 8.55. The summed E-state index contributed by atoms with van der Waals surface area (Å²) in [4.78, 5) is 0. The van der Waals surface area contributed by atoms with Gasteiger partial charge in [-0.2, -0.15) is 0 Å². The first kappa shape index (κ1) is 18.8. The van der Waals surface area contributed by atoms with Crippen molar-refractivity contribution in [2.75, 3.05) is 0 Å². The van der Waals surface area contributed by atoms with Gasteiger partial charge in [0.15, 0.2) is 0 Å². The first-order chi connectivity index (χ1) is 11.3. The molecule has 3 aromatic rings. The van der Waals surface area contributed by atoms with Crippen molar-refractivity contribution in [3.8, 4) is 0 Å². The van der Waals surface area contributed by atoms with Crippen molar-refractivity contribution >= 4 is 23.2 Å². The van der Waals surface area contributed by atoms with E-state index >= 15 is 4.39 Å². The highest BCUT2D eigenvalue weighted by Crippen LogP contribution is 2.61. The molecule has 3 heteroatoms. The van der Waals surface area contributed by atoms with Crippen molar-refractivity contribution < 1.29 is 21.4 Å². The van der Waals surface area contributed by atoms with Crippen molar-refractivity contribution in [1.82, 2.24) is 0 Å². The molecule has 1 unspecified atom stereocenters. The van der Waals surface area contributed by atoms with Crippen LogP contribution in [0.2, 0.25) is 0 Å². The fraction of sp³-hybridized carbons (Fsp3) is 0.143. The zero-order valence-corrected chi connectivity index (χ0v) is 16.1. The molecule has 0 saturated heterocycles. The summed E-state index contributed by atoms with van der Waals surface area (Å²) in [5, 5.41) is 3.31. The maximum Gasteiger partial charge on any atom is 0.219 e. The van der Waals surface area contributed by atoms with Gasteiger partial charge in [-0.05, 0) is 36.4 Å². The van der Waals surface area contributed by atoms with E-state index in [9.17, 15) is 0 Å². The second-order valence-corrected chi connectivity index (χ2v) is 9.13. The third kappa shape index (κ3) is 3.31. The quantitative estimate of drug-likeness (QED) is 0.569. The number of hydrogen-bond acceptors (Lipinski definition) is 0. The minimum absolute atomic E-state index is 0. The molecule has 0 aliphatic rings. The predicted molar refractivity (Wildman–Crippen MR) is 100 cm³/mol. The first-order valence-electron chi connectivity index (χ1n) is 7.99. The average molecular weight is 403 g/mol. The molecule has 1 atom stereocenters. The zero-order valence-electron chi connectivity index (χ0n) is 13.6. The monoisotopic (exact) mass is 402 g/mol. The molecule has 0 nitrogen and oxygen atoms in total. The predicted octanol–water partition coefficient (Wildman–Crippen LogP) is 1.69. The molecule has 0 N–H and O–H groups in total. The Morgan fingerprint density at radius 1 is 0.667 bits per heavy atom. The Morgan fingerprint density at radius 3 is 1.21 bits per heavy atom. The van der Waals surface area contributed by atoms with Gasteiger partial charge < -0.3 is 17.0 Å². The minimum atomic E-state index is -2.31. The first-order valence-corrected chi connectivity index (χ1v) is 9.85. The van der Waals surface area contributed by atoms with E-state index in [0.29, 0.717) is 6.42 Å². The second-order valence-electron chi connectivity index (χ2n) is 5.57. The lowest BCUT2D eigenvalue weighted by molar-refractivity contribution is -0.00000510. The SMILES string of the molecule is CCC(F)[P+](c1ccccc1)(c1ccccc1)c1ccccc1.[Br-]. The van der Waals surface area contributed by atoms with Gasteiger partial charge in [0.05, 0.1) is 0 Å². The zero-order chi connectivity index (χ0) is 16.1. The van der Waals surface area contributed by atoms with Crippen LogP contribution in [0.25, 0.3) is 0 Å². The number of halogens is 2. The highest BCUT2D eigenvalue weighted by atomic mass is 79.9. The molecule has 3 aromatic carbocycles. The molecule has 0 amide bonds. The summed E-state index contributed by atoms with van der Waals surface area (Å²) in [6.45, 7) is 1.94. The largest absolute Gasteiger partial charge is 1.00 e. The van der Waals surface area contributed by atoms with E-state index < -0.39 is 13.2 Å². The number of alkyl halides is 1. The summed E-state index contributed by atoms with van der Waals surface area (Å²) >= 11 is 0. The molecular weight excluding hydrogens is 382 g/mol. The molecule has 0 bridgehead atoms. The highest BCUT2D eigenvalue weighted by molar-refractivity contribution is 7.96. The van der Waals surface area contributed by atoms with E-state index in [0.717, 1.165) is 15.9 Å². The molecular formula is C21H21BrFP. The normalized spacial score (nSPS) is 12.2. The van der Waals surface area contributed by atoms with Crippen LogP contribution in [0.1, 0.15) is 13.3 Å². The molecule has 0 aromatic heterocycles. The Hall–Kier alpha value is -1.50. The van der Waals surface area contributed by atoms with Crippen LogP contribution in [0.4, 0.5) is 4.39 Å². The third-order valence-corrected chi connectivity index (χ3v) is 8.79. The molecule has 0 heterocycles. The Bertz CT molecular complexity index is 635. The van der Waals surface area contributed by atoms with Crippen LogP contribution in [-0.4, -0.2) is 5.91 Å². The molecule has 0 radical (unpaired) electrons. The van der Waals surface area contributed by atoms with Crippen molar-refractivity contribution in [3.05, 3.63) is 91.0 Å². The maximum atomic E-state index is 15.6. The highest BCUT2D eigenvalue weighted by Gasteiger charge is 2.52. The summed E-state index contributed by atoms with van der Waals surface area (Å²) in [7, 11) is -2.31.